The van der Waals surface area contributed by atoms with Crippen LogP contribution in [0.5, 0.6) is 0 Å². The third kappa shape index (κ3) is 4.61. The lowest BCUT2D eigenvalue weighted by atomic mass is 10.2. The molecular formula is C23H18Cl2N2O3S. The van der Waals surface area contributed by atoms with Crippen molar-refractivity contribution >= 4 is 55.5 Å². The summed E-state index contributed by atoms with van der Waals surface area (Å²) in [6.45, 7) is -0.0792. The monoisotopic (exact) mass is 472 g/mol. The molecule has 1 aromatic heterocycles. The van der Waals surface area contributed by atoms with E-state index in [0.717, 1.165) is 0 Å². The first-order chi connectivity index (χ1) is 14.8. The number of aromatic nitrogens is 1. The lowest BCUT2D eigenvalue weighted by molar-refractivity contribution is -0.116. The van der Waals surface area contributed by atoms with Crippen molar-refractivity contribution in [3.63, 3.8) is 0 Å². The number of benzene rings is 3. The molecule has 1 N–H and O–H groups in total. The summed E-state index contributed by atoms with van der Waals surface area (Å²) < 4.78 is 27.9. The minimum atomic E-state index is -3.62. The number of hydrogen-bond acceptors (Lipinski definition) is 3. The Morgan fingerprint density at radius 3 is 2.39 bits per heavy atom. The smallest absolute Gasteiger partial charge is 0.244 e. The first kappa shape index (κ1) is 21.4. The average Bonchev–Trinajstić information content (AvgIpc) is 3.11. The predicted molar refractivity (Wildman–Crippen MR) is 124 cm³/mol. The normalized spacial score (nSPS) is 11.5. The molecule has 8 heteroatoms. The summed E-state index contributed by atoms with van der Waals surface area (Å²) >= 11 is 12.1. The van der Waals surface area contributed by atoms with Crippen LogP contribution >= 0.6 is 23.2 Å². The maximum atomic E-state index is 13.1. The van der Waals surface area contributed by atoms with Crippen LogP contribution in [0.1, 0.15) is 5.56 Å². The zero-order chi connectivity index (χ0) is 22.0. The third-order valence-corrected chi connectivity index (χ3v) is 7.35. The summed E-state index contributed by atoms with van der Waals surface area (Å²) in [6.07, 6.45) is 1.52. The summed E-state index contributed by atoms with van der Waals surface area (Å²) in [4.78, 5) is 12.9. The second-order valence-corrected chi connectivity index (χ2v) is 9.78. The van der Waals surface area contributed by atoms with E-state index in [0.29, 0.717) is 27.2 Å². The number of rotatable bonds is 6. The zero-order valence-corrected chi connectivity index (χ0v) is 18.6. The summed E-state index contributed by atoms with van der Waals surface area (Å²) in [5.74, 6) is -0.469. The van der Waals surface area contributed by atoms with Gasteiger partial charge in [-0.25, -0.2) is 8.42 Å². The number of nitrogens with one attached hydrogen (secondary N) is 1. The van der Waals surface area contributed by atoms with Crippen LogP contribution in [-0.2, 0) is 26.9 Å². The van der Waals surface area contributed by atoms with Gasteiger partial charge in [0.05, 0.1) is 26.4 Å². The molecule has 0 unspecified atom stereocenters. The molecule has 158 valence electrons. The Hall–Kier alpha value is -2.80. The molecule has 4 rings (SSSR count). The standard InChI is InChI=1S/C23H18Cl2N2O3S/c24-18-10-6-11-19(23(18)25)26-22(28)14-27-13-21(17-9-4-5-12-20(17)27)31(29,30)15-16-7-2-1-3-8-16/h1-13H,14-15H2,(H,26,28). The molecule has 0 radical (unpaired) electrons. The Kier molecular flexibility index (Phi) is 6.05. The van der Waals surface area contributed by atoms with Crippen molar-refractivity contribution in [1.82, 2.24) is 4.57 Å². The van der Waals surface area contributed by atoms with Crippen LogP contribution in [0.15, 0.2) is 83.9 Å². The Morgan fingerprint density at radius 1 is 0.903 bits per heavy atom. The average molecular weight is 473 g/mol. The van der Waals surface area contributed by atoms with Crippen molar-refractivity contribution < 1.29 is 13.2 Å². The van der Waals surface area contributed by atoms with Gasteiger partial charge in [-0.3, -0.25) is 4.79 Å². The number of hydrogen-bond donors (Lipinski definition) is 1. The highest BCUT2D eigenvalue weighted by Crippen LogP contribution is 2.30. The van der Waals surface area contributed by atoms with Crippen molar-refractivity contribution in [2.24, 2.45) is 0 Å². The van der Waals surface area contributed by atoms with Gasteiger partial charge in [0.1, 0.15) is 6.54 Å². The fourth-order valence-corrected chi connectivity index (χ4v) is 5.34. The van der Waals surface area contributed by atoms with Gasteiger partial charge in [-0.05, 0) is 23.8 Å². The first-order valence-corrected chi connectivity index (χ1v) is 11.8. The zero-order valence-electron chi connectivity index (χ0n) is 16.3. The van der Waals surface area contributed by atoms with Gasteiger partial charge in [0.15, 0.2) is 9.84 Å². The van der Waals surface area contributed by atoms with Crippen LogP contribution in [0, 0.1) is 0 Å². The van der Waals surface area contributed by atoms with E-state index in [1.54, 1.807) is 71.3 Å². The molecule has 0 aliphatic heterocycles. The molecule has 0 fully saturated rings. The molecule has 31 heavy (non-hydrogen) atoms. The molecule has 0 spiro atoms. The number of fused-ring (bicyclic) bond motifs is 1. The summed E-state index contributed by atoms with van der Waals surface area (Å²) in [5, 5.41) is 3.89. The van der Waals surface area contributed by atoms with Gasteiger partial charge in [-0.2, -0.15) is 0 Å². The van der Waals surface area contributed by atoms with Crippen molar-refractivity contribution in [3.8, 4) is 0 Å². The van der Waals surface area contributed by atoms with E-state index in [2.05, 4.69) is 5.32 Å². The molecule has 0 saturated heterocycles. The van der Waals surface area contributed by atoms with Crippen molar-refractivity contribution in [2.75, 3.05) is 5.32 Å². The fourth-order valence-electron chi connectivity index (χ4n) is 3.41. The molecule has 1 heterocycles. The van der Waals surface area contributed by atoms with Crippen LogP contribution in [-0.4, -0.2) is 18.9 Å². The number of anilines is 1. The molecule has 1 amide bonds. The molecule has 0 atom stereocenters. The van der Waals surface area contributed by atoms with Gasteiger partial charge >= 0.3 is 0 Å². The van der Waals surface area contributed by atoms with Crippen LogP contribution in [0.3, 0.4) is 0 Å². The van der Waals surface area contributed by atoms with Gasteiger partial charge in [0.2, 0.25) is 5.91 Å². The van der Waals surface area contributed by atoms with Crippen LogP contribution < -0.4 is 5.32 Å². The fraction of sp³-hybridized carbons (Fsp3) is 0.0870. The Balaban J connectivity index is 1.65. The van der Waals surface area contributed by atoms with Crippen LogP contribution in [0.2, 0.25) is 10.0 Å². The quantitative estimate of drug-likeness (QED) is 0.399. The van der Waals surface area contributed by atoms with E-state index >= 15 is 0 Å². The van der Waals surface area contributed by atoms with E-state index in [1.807, 2.05) is 6.07 Å². The maximum absolute atomic E-state index is 13.1. The maximum Gasteiger partial charge on any atom is 0.244 e. The molecule has 0 bridgehead atoms. The molecular weight excluding hydrogens is 455 g/mol. The summed E-state index contributed by atoms with van der Waals surface area (Å²) in [5.41, 5.74) is 1.75. The minimum Gasteiger partial charge on any atom is -0.337 e. The molecule has 3 aromatic carbocycles. The van der Waals surface area contributed by atoms with Crippen LogP contribution in [0.25, 0.3) is 10.9 Å². The van der Waals surface area contributed by atoms with E-state index in [-0.39, 0.29) is 28.1 Å². The van der Waals surface area contributed by atoms with E-state index < -0.39 is 9.84 Å². The SMILES string of the molecule is O=C(Cn1cc(S(=O)(=O)Cc2ccccc2)c2ccccc21)Nc1cccc(Cl)c1Cl. The first-order valence-electron chi connectivity index (χ1n) is 9.43. The van der Waals surface area contributed by atoms with Crippen molar-refractivity contribution in [1.29, 1.82) is 0 Å². The van der Waals surface area contributed by atoms with Gasteiger partial charge in [0.25, 0.3) is 0 Å². The molecule has 0 aliphatic rings. The molecule has 5 nitrogen and oxygen atoms in total. The highest BCUT2D eigenvalue weighted by molar-refractivity contribution is 7.90. The molecule has 0 aliphatic carbocycles. The van der Waals surface area contributed by atoms with E-state index in [4.69, 9.17) is 23.2 Å². The Bertz CT molecular complexity index is 1370. The summed E-state index contributed by atoms with van der Waals surface area (Å²) in [7, 11) is -3.62. The molecule has 0 saturated carbocycles. The second-order valence-electron chi connectivity index (χ2n) is 7.03. The number of nitrogens with zero attached hydrogens (tertiary/aromatic N) is 1. The largest absolute Gasteiger partial charge is 0.337 e. The number of amides is 1. The molecule has 4 aromatic rings. The van der Waals surface area contributed by atoms with Gasteiger partial charge in [0, 0.05) is 17.1 Å². The topological polar surface area (TPSA) is 68.2 Å². The van der Waals surface area contributed by atoms with E-state index in [1.165, 1.54) is 6.20 Å². The van der Waals surface area contributed by atoms with Crippen LogP contribution in [0.4, 0.5) is 5.69 Å². The second kappa shape index (κ2) is 8.75. The number of halogens is 2. The number of carbonyl (C=O) groups excluding carboxylic acids is 1. The lowest BCUT2D eigenvalue weighted by Crippen LogP contribution is -2.18. The van der Waals surface area contributed by atoms with Gasteiger partial charge < -0.3 is 9.88 Å². The van der Waals surface area contributed by atoms with Gasteiger partial charge in [-0.15, -0.1) is 0 Å². The lowest BCUT2D eigenvalue weighted by Gasteiger charge is -2.09. The number of sulfone groups is 1. The summed E-state index contributed by atoms with van der Waals surface area (Å²) in [6, 6.07) is 21.1. The third-order valence-electron chi connectivity index (χ3n) is 4.83. The van der Waals surface area contributed by atoms with Crippen molar-refractivity contribution in [2.45, 2.75) is 17.2 Å². The Morgan fingerprint density at radius 2 is 1.61 bits per heavy atom. The predicted octanol–water partition coefficient (Wildman–Crippen LogP) is 5.56. The van der Waals surface area contributed by atoms with Crippen molar-refractivity contribution in [3.05, 3.63) is 94.6 Å². The highest BCUT2D eigenvalue weighted by atomic mass is 35.5. The van der Waals surface area contributed by atoms with Gasteiger partial charge in [-0.1, -0.05) is 77.8 Å². The number of para-hydroxylation sites is 1. The number of carbonyl (C=O) groups is 1. The van der Waals surface area contributed by atoms with E-state index in [9.17, 15) is 13.2 Å². The highest BCUT2D eigenvalue weighted by Gasteiger charge is 2.22. The minimum absolute atomic E-state index is 0.0792. The Labute approximate surface area is 190 Å².